The highest BCUT2D eigenvalue weighted by atomic mass is 16.5. The zero-order valence-corrected chi connectivity index (χ0v) is 21.1. The quantitative estimate of drug-likeness (QED) is 0.521. The summed E-state index contributed by atoms with van der Waals surface area (Å²) in [5, 5.41) is 13.3. The van der Waals surface area contributed by atoms with E-state index in [-0.39, 0.29) is 30.6 Å². The minimum Gasteiger partial charge on any atom is -0.495 e. The van der Waals surface area contributed by atoms with Crippen molar-refractivity contribution in [3.05, 3.63) is 95.6 Å². The van der Waals surface area contributed by atoms with Crippen LogP contribution in [0.5, 0.6) is 5.75 Å². The summed E-state index contributed by atoms with van der Waals surface area (Å²) in [7, 11) is 1.60. The van der Waals surface area contributed by atoms with Crippen molar-refractivity contribution in [2.45, 2.75) is 30.8 Å². The van der Waals surface area contributed by atoms with Gasteiger partial charge in [0.15, 0.2) is 0 Å². The number of hydrogen-bond donors (Lipinski definition) is 2. The molecule has 2 amide bonds. The van der Waals surface area contributed by atoms with Gasteiger partial charge in [0.25, 0.3) is 0 Å². The van der Waals surface area contributed by atoms with Crippen LogP contribution in [0.25, 0.3) is 0 Å². The van der Waals surface area contributed by atoms with Crippen LogP contribution in [0.4, 0.5) is 10.5 Å². The number of para-hydroxylation sites is 2. The third kappa shape index (κ3) is 5.48. The number of carbonyl (C=O) groups excluding carboxylic acids is 1. The molecule has 2 N–H and O–H groups in total. The van der Waals surface area contributed by atoms with Crippen LogP contribution in [0.15, 0.2) is 78.9 Å². The molecule has 5 rings (SSSR count). The van der Waals surface area contributed by atoms with Gasteiger partial charge in [-0.2, -0.15) is 0 Å². The molecule has 2 aliphatic heterocycles. The number of aliphatic hydroxyl groups excluding tert-OH is 1. The number of hydrogen-bond acceptors (Lipinski definition) is 4. The first-order chi connectivity index (χ1) is 18.2. The van der Waals surface area contributed by atoms with Crippen LogP contribution in [-0.4, -0.2) is 66.4 Å². The van der Waals surface area contributed by atoms with E-state index in [1.54, 1.807) is 7.11 Å². The number of rotatable bonds is 4. The number of methoxy groups -OCH3 is 1. The first-order valence-electron chi connectivity index (χ1n) is 12.9. The van der Waals surface area contributed by atoms with Crippen LogP contribution in [0.2, 0.25) is 0 Å². The van der Waals surface area contributed by atoms with Crippen LogP contribution in [0.1, 0.15) is 35.4 Å². The van der Waals surface area contributed by atoms with Crippen LogP contribution >= 0.6 is 0 Å². The number of anilines is 1. The molecule has 2 aliphatic rings. The molecule has 2 heterocycles. The summed E-state index contributed by atoms with van der Waals surface area (Å²) < 4.78 is 5.40. The van der Waals surface area contributed by atoms with Gasteiger partial charge in [0, 0.05) is 42.2 Å². The molecule has 0 aliphatic carbocycles. The molecule has 0 bridgehead atoms. The van der Waals surface area contributed by atoms with Gasteiger partial charge >= 0.3 is 6.03 Å². The van der Waals surface area contributed by atoms with Gasteiger partial charge in [0.2, 0.25) is 0 Å². The topological polar surface area (TPSA) is 65.0 Å². The summed E-state index contributed by atoms with van der Waals surface area (Å²) in [5.41, 5.74) is 3.79. The number of fused-ring (bicyclic) bond motifs is 1. The van der Waals surface area contributed by atoms with Gasteiger partial charge in [-0.1, -0.05) is 54.3 Å². The Labute approximate surface area is 218 Å². The summed E-state index contributed by atoms with van der Waals surface area (Å²) >= 11 is 0. The fraction of sp³-hybridized carbons (Fsp3) is 0.323. The van der Waals surface area contributed by atoms with Crippen molar-refractivity contribution in [2.75, 3.05) is 38.7 Å². The lowest BCUT2D eigenvalue weighted by Gasteiger charge is -2.57. The Morgan fingerprint density at radius 3 is 2.35 bits per heavy atom. The Balaban J connectivity index is 1.32. The van der Waals surface area contributed by atoms with E-state index >= 15 is 0 Å². The van der Waals surface area contributed by atoms with E-state index in [0.29, 0.717) is 24.5 Å². The van der Waals surface area contributed by atoms with E-state index in [1.807, 2.05) is 59.5 Å². The van der Waals surface area contributed by atoms with E-state index in [1.165, 1.54) is 5.56 Å². The average molecular weight is 496 g/mol. The molecule has 0 radical (unpaired) electrons. The highest BCUT2D eigenvalue weighted by Gasteiger charge is 2.49. The van der Waals surface area contributed by atoms with Crippen LogP contribution in [0, 0.1) is 11.8 Å². The molecule has 0 spiro atoms. The maximum atomic E-state index is 13.3. The lowest BCUT2D eigenvalue weighted by atomic mass is 9.74. The summed E-state index contributed by atoms with van der Waals surface area (Å²) in [6.45, 7) is 2.35. The standard InChI is InChI=1S/C31H33N3O3/c1-37-29-12-6-5-11-26(29)32-31(36)33-19-7-8-20-34-27(21-33)30(28(34)22-35)25-17-15-24(16-18-25)14-13-23-9-3-2-4-10-23/h2-6,9-12,15-18,27-28,30,35H,7-8,19-22H2,1H3,(H,32,36)/t27-,28+,30-/m0/s1. The first-order valence-corrected chi connectivity index (χ1v) is 12.9. The Morgan fingerprint density at radius 2 is 1.62 bits per heavy atom. The molecule has 3 atom stereocenters. The third-order valence-corrected chi connectivity index (χ3v) is 7.43. The summed E-state index contributed by atoms with van der Waals surface area (Å²) in [5.74, 6) is 7.24. The summed E-state index contributed by atoms with van der Waals surface area (Å²) in [6, 6.07) is 25.9. The second-order valence-corrected chi connectivity index (χ2v) is 9.60. The van der Waals surface area contributed by atoms with E-state index in [2.05, 4.69) is 46.3 Å². The van der Waals surface area contributed by atoms with Crippen molar-refractivity contribution in [3.63, 3.8) is 0 Å². The van der Waals surface area contributed by atoms with Crippen LogP contribution in [-0.2, 0) is 0 Å². The second-order valence-electron chi connectivity index (χ2n) is 9.60. The molecule has 0 unspecified atom stereocenters. The van der Waals surface area contributed by atoms with Crippen molar-refractivity contribution in [3.8, 4) is 17.6 Å². The number of aliphatic hydroxyl groups is 1. The maximum absolute atomic E-state index is 13.3. The van der Waals surface area contributed by atoms with Crippen LogP contribution < -0.4 is 10.1 Å². The SMILES string of the molecule is COc1ccccc1NC(=O)N1CCCCN2[C@H](CO)[C@@H](c3ccc(C#Cc4ccccc4)cc3)[C@@H]2C1. The van der Waals surface area contributed by atoms with Crippen molar-refractivity contribution in [1.82, 2.24) is 9.80 Å². The highest BCUT2D eigenvalue weighted by Crippen LogP contribution is 2.42. The van der Waals surface area contributed by atoms with Crippen molar-refractivity contribution in [2.24, 2.45) is 0 Å². The fourth-order valence-electron chi connectivity index (χ4n) is 5.52. The Bertz CT molecular complexity index is 1270. The molecular formula is C31H33N3O3. The largest absolute Gasteiger partial charge is 0.495 e. The lowest BCUT2D eigenvalue weighted by molar-refractivity contribution is -0.0585. The molecule has 6 nitrogen and oxygen atoms in total. The Morgan fingerprint density at radius 1 is 0.946 bits per heavy atom. The van der Waals surface area contributed by atoms with Gasteiger partial charge < -0.3 is 20.1 Å². The lowest BCUT2D eigenvalue weighted by Crippen LogP contribution is -2.68. The molecule has 6 heteroatoms. The minimum atomic E-state index is -0.121. The molecule has 3 aromatic carbocycles. The minimum absolute atomic E-state index is 0.0588. The molecule has 0 saturated carbocycles. The molecule has 2 fully saturated rings. The number of urea groups is 1. The van der Waals surface area contributed by atoms with Gasteiger partial charge in [-0.3, -0.25) is 4.90 Å². The van der Waals surface area contributed by atoms with Gasteiger partial charge in [0.1, 0.15) is 5.75 Å². The smallest absolute Gasteiger partial charge is 0.322 e. The molecule has 190 valence electrons. The van der Waals surface area contributed by atoms with Gasteiger partial charge in [-0.25, -0.2) is 4.79 Å². The number of carbonyl (C=O) groups is 1. The number of nitrogens with zero attached hydrogens (tertiary/aromatic N) is 2. The Kier molecular flexibility index (Phi) is 7.74. The molecular weight excluding hydrogens is 462 g/mol. The number of amides is 2. The average Bonchev–Trinajstić information content (AvgIpc) is 2.92. The predicted molar refractivity (Wildman–Crippen MR) is 146 cm³/mol. The normalized spacial score (nSPS) is 21.4. The number of nitrogens with one attached hydrogen (secondary N) is 1. The van der Waals surface area contributed by atoms with E-state index in [4.69, 9.17) is 4.74 Å². The van der Waals surface area contributed by atoms with Crippen molar-refractivity contribution in [1.29, 1.82) is 0 Å². The monoisotopic (exact) mass is 495 g/mol. The first kappa shape index (κ1) is 24.9. The van der Waals surface area contributed by atoms with Gasteiger partial charge in [-0.05, 0) is 61.3 Å². The molecule has 0 aromatic heterocycles. The zero-order chi connectivity index (χ0) is 25.6. The van der Waals surface area contributed by atoms with E-state index in [9.17, 15) is 9.90 Å². The zero-order valence-electron chi connectivity index (χ0n) is 21.1. The number of ether oxygens (including phenoxy) is 1. The highest BCUT2D eigenvalue weighted by molar-refractivity contribution is 5.91. The van der Waals surface area contributed by atoms with Crippen molar-refractivity contribution >= 4 is 11.7 Å². The summed E-state index contributed by atoms with van der Waals surface area (Å²) in [4.78, 5) is 17.6. The van der Waals surface area contributed by atoms with Crippen LogP contribution in [0.3, 0.4) is 0 Å². The predicted octanol–water partition coefficient (Wildman–Crippen LogP) is 4.55. The van der Waals surface area contributed by atoms with E-state index in [0.717, 1.165) is 30.5 Å². The van der Waals surface area contributed by atoms with Crippen molar-refractivity contribution < 1.29 is 14.6 Å². The van der Waals surface area contributed by atoms with E-state index < -0.39 is 0 Å². The Hall–Kier alpha value is -3.79. The maximum Gasteiger partial charge on any atom is 0.322 e. The summed E-state index contributed by atoms with van der Waals surface area (Å²) in [6.07, 6.45) is 1.92. The third-order valence-electron chi connectivity index (χ3n) is 7.43. The van der Waals surface area contributed by atoms with Gasteiger partial charge in [0.05, 0.1) is 19.4 Å². The molecule has 3 aromatic rings. The second kappa shape index (κ2) is 11.5. The molecule has 37 heavy (non-hydrogen) atoms. The number of benzene rings is 3. The molecule has 2 saturated heterocycles. The van der Waals surface area contributed by atoms with Gasteiger partial charge in [-0.15, -0.1) is 0 Å². The fourth-order valence-corrected chi connectivity index (χ4v) is 5.52.